The summed E-state index contributed by atoms with van der Waals surface area (Å²) >= 11 is 1.39. The largest absolute Gasteiger partial charge is 0.493 e. The summed E-state index contributed by atoms with van der Waals surface area (Å²) < 4.78 is 52.4. The Morgan fingerprint density at radius 2 is 1.72 bits per heavy atom. The molecule has 4 amide bonds. The number of carboxylic acid groups (broad SMARTS) is 1. The quantitative estimate of drug-likeness (QED) is 0.0615. The number of carboxylic acids is 1. The standard InChI is InChI=1S/C53H51F3N10O7S/c1-30-32(33-17-19-43(59-47(33)51(71)72)66-23-21-31-9-5-11-34(37(31)27-66)49(69)61-52-58-38-13-3-4-16-41(38)74-52)10-7-15-40(30)73-26-8-22-65-25-24-64(28-42(65)53(54,55)56)29-45(68)57-39-14-6-12-35-46(62-63(2)48(35)39)36-18-20-44(67)60-50(36)70/h3-7,9-17,19,36,42H,8,18,20-29H2,1-2H3,(H,57,68)(H,71,72)(H,58,61,69)(H,60,67,70). The lowest BCUT2D eigenvalue weighted by Crippen LogP contribution is -2.60. The summed E-state index contributed by atoms with van der Waals surface area (Å²) in [5.41, 5.74) is 5.94. The third kappa shape index (κ3) is 10.3. The Hall–Kier alpha value is -7.75. The van der Waals surface area contributed by atoms with E-state index in [4.69, 9.17) is 4.74 Å². The van der Waals surface area contributed by atoms with E-state index in [-0.39, 0.29) is 63.1 Å². The highest BCUT2D eigenvalue weighted by molar-refractivity contribution is 7.22. The first kappa shape index (κ1) is 49.8. The van der Waals surface area contributed by atoms with E-state index in [0.717, 1.165) is 21.3 Å². The molecule has 21 heteroatoms. The van der Waals surface area contributed by atoms with Crippen LogP contribution in [0.2, 0.25) is 0 Å². The average molecular weight is 1030 g/mol. The Bertz CT molecular complexity index is 3330. The van der Waals surface area contributed by atoms with Crippen LogP contribution < -0.4 is 25.6 Å². The van der Waals surface area contributed by atoms with Crippen LogP contribution in [0.15, 0.2) is 91.0 Å². The highest BCUT2D eigenvalue weighted by atomic mass is 32.1. The van der Waals surface area contributed by atoms with Gasteiger partial charge in [-0.05, 0) is 90.9 Å². The zero-order valence-electron chi connectivity index (χ0n) is 40.4. The Kier molecular flexibility index (Phi) is 13.9. The second-order valence-electron chi connectivity index (χ2n) is 18.6. The van der Waals surface area contributed by atoms with Crippen molar-refractivity contribution in [1.82, 2.24) is 34.9 Å². The molecule has 3 aliphatic rings. The Labute approximate surface area is 426 Å². The summed E-state index contributed by atoms with van der Waals surface area (Å²) in [6.07, 6.45) is -3.24. The number of imide groups is 1. The molecule has 6 heterocycles. The molecule has 2 atom stereocenters. The van der Waals surface area contributed by atoms with E-state index in [2.05, 4.69) is 31.0 Å². The van der Waals surface area contributed by atoms with Crippen LogP contribution >= 0.6 is 11.3 Å². The number of hydrogen-bond donors (Lipinski definition) is 4. The second-order valence-corrected chi connectivity index (χ2v) is 19.7. The monoisotopic (exact) mass is 1030 g/mol. The fourth-order valence-corrected chi connectivity index (χ4v) is 11.1. The normalized spacial score (nSPS) is 17.6. The minimum absolute atomic E-state index is 0.0605. The van der Waals surface area contributed by atoms with Gasteiger partial charge in [0.05, 0.1) is 46.2 Å². The lowest BCUT2D eigenvalue weighted by Gasteiger charge is -2.41. The van der Waals surface area contributed by atoms with Gasteiger partial charge in [-0.2, -0.15) is 18.3 Å². The predicted octanol–water partition coefficient (Wildman–Crippen LogP) is 7.54. The van der Waals surface area contributed by atoms with E-state index in [1.165, 1.54) is 21.1 Å². The van der Waals surface area contributed by atoms with E-state index in [9.17, 15) is 42.3 Å². The predicted molar refractivity (Wildman–Crippen MR) is 273 cm³/mol. The third-order valence-corrected chi connectivity index (χ3v) is 14.9. The molecule has 0 spiro atoms. The second kappa shape index (κ2) is 20.6. The van der Waals surface area contributed by atoms with E-state index < -0.39 is 42.5 Å². The van der Waals surface area contributed by atoms with E-state index >= 15 is 0 Å². The molecule has 3 aliphatic heterocycles. The highest BCUT2D eigenvalue weighted by Gasteiger charge is 2.46. The molecular formula is C53H51F3N10O7S. The maximum absolute atomic E-state index is 14.6. The molecule has 382 valence electrons. The maximum atomic E-state index is 14.6. The molecule has 4 N–H and O–H groups in total. The summed E-state index contributed by atoms with van der Waals surface area (Å²) in [6, 6.07) is 25.3. The summed E-state index contributed by atoms with van der Waals surface area (Å²) in [5, 5.41) is 24.3. The molecule has 0 radical (unpaired) electrons. The fraction of sp³-hybridized carbons (Fsp3) is 0.321. The van der Waals surface area contributed by atoms with Crippen molar-refractivity contribution in [3.63, 3.8) is 0 Å². The molecule has 4 aromatic carbocycles. The number of para-hydroxylation sites is 2. The number of benzene rings is 4. The molecular weight excluding hydrogens is 978 g/mol. The van der Waals surface area contributed by atoms with Crippen molar-refractivity contribution in [3.8, 4) is 16.9 Å². The topological polar surface area (TPSA) is 204 Å². The number of aromatic nitrogens is 4. The minimum atomic E-state index is -4.57. The number of aryl methyl sites for hydroxylation is 1. The zero-order valence-corrected chi connectivity index (χ0v) is 41.2. The van der Waals surface area contributed by atoms with Crippen molar-refractivity contribution in [2.24, 2.45) is 7.05 Å². The van der Waals surface area contributed by atoms with Crippen LogP contribution in [-0.2, 0) is 34.4 Å². The van der Waals surface area contributed by atoms with Gasteiger partial charge in [0.25, 0.3) is 5.91 Å². The summed E-state index contributed by atoms with van der Waals surface area (Å²) in [6.45, 7) is 2.40. The fourth-order valence-electron chi connectivity index (χ4n) is 10.3. The van der Waals surface area contributed by atoms with Gasteiger partial charge in [0.2, 0.25) is 17.7 Å². The number of piperidine rings is 1. The number of hydrogen-bond acceptors (Lipinski definition) is 13. The van der Waals surface area contributed by atoms with Gasteiger partial charge < -0.3 is 20.1 Å². The van der Waals surface area contributed by atoms with Crippen molar-refractivity contribution in [3.05, 3.63) is 125 Å². The van der Waals surface area contributed by atoms with Gasteiger partial charge in [0.15, 0.2) is 10.8 Å². The van der Waals surface area contributed by atoms with Crippen LogP contribution in [0.5, 0.6) is 5.75 Å². The molecule has 3 aromatic heterocycles. The molecule has 2 unspecified atom stereocenters. The molecule has 74 heavy (non-hydrogen) atoms. The number of fused-ring (bicyclic) bond motifs is 3. The van der Waals surface area contributed by atoms with Crippen LogP contribution in [0.3, 0.4) is 0 Å². The number of nitrogens with zero attached hydrogens (tertiary/aromatic N) is 7. The number of rotatable bonds is 14. The number of aromatic carboxylic acids is 1. The first-order valence-corrected chi connectivity index (χ1v) is 25.0. The molecule has 7 aromatic rings. The van der Waals surface area contributed by atoms with Gasteiger partial charge >= 0.3 is 12.1 Å². The van der Waals surface area contributed by atoms with Crippen molar-refractivity contribution < 1.29 is 47.0 Å². The Morgan fingerprint density at radius 1 is 0.905 bits per heavy atom. The highest BCUT2D eigenvalue weighted by Crippen LogP contribution is 2.37. The van der Waals surface area contributed by atoms with Crippen LogP contribution in [-0.4, -0.2) is 122 Å². The number of thiazole rings is 1. The minimum Gasteiger partial charge on any atom is -0.493 e. The van der Waals surface area contributed by atoms with Crippen LogP contribution in [0.1, 0.15) is 68.4 Å². The lowest BCUT2D eigenvalue weighted by atomic mass is 9.92. The zero-order chi connectivity index (χ0) is 51.8. The number of nitrogens with one attached hydrogen (secondary N) is 3. The SMILES string of the molecule is Cc1c(OCCCN2CCN(CC(=O)Nc3cccc4c(C5CCC(=O)NC5=O)nn(C)c34)CC2C(F)(F)F)cccc1-c1ccc(N2CCc3cccc(C(=O)Nc4nc5ccccc5s4)c3C2)nc1C(=O)O. The van der Waals surface area contributed by atoms with Crippen molar-refractivity contribution in [2.75, 3.05) is 61.4 Å². The van der Waals surface area contributed by atoms with E-state index in [1.54, 1.807) is 73.3 Å². The summed E-state index contributed by atoms with van der Waals surface area (Å²) in [7, 11) is 1.67. The molecule has 0 bridgehead atoms. The van der Waals surface area contributed by atoms with E-state index in [1.807, 2.05) is 41.3 Å². The van der Waals surface area contributed by atoms with Crippen molar-refractivity contribution >= 4 is 78.7 Å². The van der Waals surface area contributed by atoms with Gasteiger partial charge in [0, 0.05) is 69.3 Å². The summed E-state index contributed by atoms with van der Waals surface area (Å²) in [5.74, 6) is -2.58. The van der Waals surface area contributed by atoms with Gasteiger partial charge in [0.1, 0.15) is 17.6 Å². The van der Waals surface area contributed by atoms with Crippen molar-refractivity contribution in [2.45, 2.75) is 57.3 Å². The number of anilines is 3. The number of pyridine rings is 1. The van der Waals surface area contributed by atoms with Crippen LogP contribution in [0, 0.1) is 6.92 Å². The molecule has 0 saturated carbocycles. The average Bonchev–Trinajstić information content (AvgIpc) is 3.95. The third-order valence-electron chi connectivity index (χ3n) is 13.9. The van der Waals surface area contributed by atoms with Crippen LogP contribution in [0.4, 0.5) is 29.8 Å². The number of carbonyl (C=O) groups excluding carboxylic acids is 4. The molecule has 0 aliphatic carbocycles. The number of piperazine rings is 1. The van der Waals surface area contributed by atoms with E-state index in [0.29, 0.717) is 87.2 Å². The molecule has 10 rings (SSSR count). The maximum Gasteiger partial charge on any atom is 0.405 e. The van der Waals surface area contributed by atoms with Gasteiger partial charge in [-0.3, -0.25) is 44.3 Å². The Morgan fingerprint density at radius 3 is 2.51 bits per heavy atom. The number of alkyl halides is 3. The van der Waals surface area contributed by atoms with Crippen LogP contribution in [0.25, 0.3) is 32.2 Å². The number of ether oxygens (including phenoxy) is 1. The van der Waals surface area contributed by atoms with Crippen molar-refractivity contribution in [1.29, 1.82) is 0 Å². The van der Waals surface area contributed by atoms with Gasteiger partial charge in [-0.1, -0.05) is 59.9 Å². The number of halogens is 3. The number of carbonyl (C=O) groups is 5. The van der Waals surface area contributed by atoms with Gasteiger partial charge in [-0.15, -0.1) is 0 Å². The first-order chi connectivity index (χ1) is 35.6. The summed E-state index contributed by atoms with van der Waals surface area (Å²) in [4.78, 5) is 78.2. The molecule has 17 nitrogen and oxygen atoms in total. The van der Waals surface area contributed by atoms with Gasteiger partial charge in [-0.25, -0.2) is 14.8 Å². The lowest BCUT2D eigenvalue weighted by molar-refractivity contribution is -0.197. The molecule has 2 saturated heterocycles. The number of amides is 4. The molecule has 2 fully saturated rings. The Balaban J connectivity index is 0.755. The smallest absolute Gasteiger partial charge is 0.405 e. The first-order valence-electron chi connectivity index (χ1n) is 24.2.